The molecule has 0 bridgehead atoms. The van der Waals surface area contributed by atoms with Gasteiger partial charge >= 0.3 is 0 Å². The van der Waals surface area contributed by atoms with Crippen LogP contribution in [0.15, 0.2) is 18.2 Å². The topological polar surface area (TPSA) is 12.0 Å². The number of hydrogen-bond donors (Lipinski definition) is 1. The molecule has 3 atom stereocenters. The molecule has 0 aliphatic heterocycles. The zero-order valence-electron chi connectivity index (χ0n) is 11.0. The molecular weight excluding hydrogens is 265 g/mol. The summed E-state index contributed by atoms with van der Waals surface area (Å²) in [5.74, 6) is 0.818. The van der Waals surface area contributed by atoms with Crippen LogP contribution < -0.4 is 5.32 Å². The van der Waals surface area contributed by atoms with Gasteiger partial charge in [-0.3, -0.25) is 0 Å². The SMILES string of the molecule is CCC1CCCC1NC(C)c1ccc(Cl)cc1Cl. The van der Waals surface area contributed by atoms with Crippen LogP contribution >= 0.6 is 23.2 Å². The van der Waals surface area contributed by atoms with Gasteiger partial charge in [0.05, 0.1) is 0 Å². The molecule has 18 heavy (non-hydrogen) atoms. The average Bonchev–Trinajstić information content (AvgIpc) is 2.76. The van der Waals surface area contributed by atoms with Gasteiger partial charge in [-0.05, 0) is 43.4 Å². The molecule has 1 aromatic rings. The maximum Gasteiger partial charge on any atom is 0.0468 e. The van der Waals surface area contributed by atoms with Crippen molar-refractivity contribution >= 4 is 23.2 Å². The van der Waals surface area contributed by atoms with Crippen LogP contribution in [-0.2, 0) is 0 Å². The van der Waals surface area contributed by atoms with Crippen LogP contribution in [-0.4, -0.2) is 6.04 Å². The Hall–Kier alpha value is -0.240. The quantitative estimate of drug-likeness (QED) is 0.799. The van der Waals surface area contributed by atoms with Crippen molar-refractivity contribution in [2.45, 2.75) is 51.6 Å². The molecule has 0 radical (unpaired) electrons. The van der Waals surface area contributed by atoms with Gasteiger partial charge in [-0.1, -0.05) is 49.0 Å². The van der Waals surface area contributed by atoms with Gasteiger partial charge in [-0.15, -0.1) is 0 Å². The van der Waals surface area contributed by atoms with E-state index in [0.29, 0.717) is 11.1 Å². The maximum atomic E-state index is 6.26. The van der Waals surface area contributed by atoms with Gasteiger partial charge in [0.25, 0.3) is 0 Å². The van der Waals surface area contributed by atoms with Gasteiger partial charge in [0.15, 0.2) is 0 Å². The zero-order valence-corrected chi connectivity index (χ0v) is 12.6. The molecule has 2 rings (SSSR count). The number of nitrogens with one attached hydrogen (secondary N) is 1. The Labute approximate surface area is 120 Å². The molecule has 0 amide bonds. The third-order valence-corrected chi connectivity index (χ3v) is 4.64. The van der Waals surface area contributed by atoms with Crippen LogP contribution in [0.5, 0.6) is 0 Å². The first-order valence-corrected chi connectivity index (χ1v) is 7.58. The van der Waals surface area contributed by atoms with Gasteiger partial charge in [0.1, 0.15) is 0 Å². The molecule has 1 nitrogen and oxygen atoms in total. The minimum atomic E-state index is 0.284. The Morgan fingerprint density at radius 2 is 2.11 bits per heavy atom. The van der Waals surface area contributed by atoms with Crippen molar-refractivity contribution in [1.29, 1.82) is 0 Å². The largest absolute Gasteiger partial charge is 0.307 e. The Kier molecular flexibility index (Phi) is 4.94. The van der Waals surface area contributed by atoms with E-state index in [-0.39, 0.29) is 6.04 Å². The minimum Gasteiger partial charge on any atom is -0.307 e. The Morgan fingerprint density at radius 1 is 1.33 bits per heavy atom. The smallest absolute Gasteiger partial charge is 0.0468 e. The van der Waals surface area contributed by atoms with Crippen LogP contribution in [0.25, 0.3) is 0 Å². The summed E-state index contributed by atoms with van der Waals surface area (Å²) in [6.07, 6.45) is 5.25. The van der Waals surface area contributed by atoms with Crippen LogP contribution in [0.3, 0.4) is 0 Å². The van der Waals surface area contributed by atoms with E-state index in [0.717, 1.165) is 16.5 Å². The highest BCUT2D eigenvalue weighted by Crippen LogP contribution is 2.32. The van der Waals surface area contributed by atoms with Gasteiger partial charge < -0.3 is 5.32 Å². The van der Waals surface area contributed by atoms with Gasteiger partial charge in [-0.25, -0.2) is 0 Å². The molecule has 100 valence electrons. The van der Waals surface area contributed by atoms with Crippen LogP contribution in [0.2, 0.25) is 10.0 Å². The molecule has 3 unspecified atom stereocenters. The fraction of sp³-hybridized carbons (Fsp3) is 0.600. The van der Waals surface area contributed by atoms with Crippen molar-refractivity contribution in [2.24, 2.45) is 5.92 Å². The minimum absolute atomic E-state index is 0.284. The highest BCUT2D eigenvalue weighted by Gasteiger charge is 2.27. The van der Waals surface area contributed by atoms with Crippen molar-refractivity contribution in [2.75, 3.05) is 0 Å². The molecule has 1 aliphatic carbocycles. The summed E-state index contributed by atoms with van der Waals surface area (Å²) in [6.45, 7) is 4.46. The third-order valence-electron chi connectivity index (χ3n) is 4.08. The second-order valence-corrected chi connectivity index (χ2v) is 6.10. The molecule has 1 fully saturated rings. The predicted molar refractivity (Wildman–Crippen MR) is 79.4 cm³/mol. The molecule has 1 N–H and O–H groups in total. The van der Waals surface area contributed by atoms with Crippen molar-refractivity contribution in [3.63, 3.8) is 0 Å². The van der Waals surface area contributed by atoms with Crippen molar-refractivity contribution in [1.82, 2.24) is 5.32 Å². The lowest BCUT2D eigenvalue weighted by molar-refractivity contribution is 0.360. The Bertz CT molecular complexity index is 405. The summed E-state index contributed by atoms with van der Waals surface area (Å²) >= 11 is 12.2. The Morgan fingerprint density at radius 3 is 2.78 bits per heavy atom. The first-order valence-electron chi connectivity index (χ1n) is 6.82. The summed E-state index contributed by atoms with van der Waals surface area (Å²) in [6, 6.07) is 6.68. The number of rotatable bonds is 4. The van der Waals surface area contributed by atoms with E-state index in [9.17, 15) is 0 Å². The van der Waals surface area contributed by atoms with Crippen LogP contribution in [0.1, 0.15) is 51.1 Å². The number of benzene rings is 1. The summed E-state index contributed by atoms with van der Waals surface area (Å²) in [4.78, 5) is 0. The van der Waals surface area contributed by atoms with Crippen LogP contribution in [0.4, 0.5) is 0 Å². The van der Waals surface area contributed by atoms with E-state index in [1.807, 2.05) is 18.2 Å². The second kappa shape index (κ2) is 6.27. The first kappa shape index (κ1) is 14.2. The van der Waals surface area contributed by atoms with E-state index in [2.05, 4.69) is 19.2 Å². The lowest BCUT2D eigenvalue weighted by Gasteiger charge is -2.25. The molecule has 1 saturated carbocycles. The van der Waals surface area contributed by atoms with Gasteiger partial charge in [0.2, 0.25) is 0 Å². The Balaban J connectivity index is 2.05. The normalized spacial score (nSPS) is 25.3. The van der Waals surface area contributed by atoms with Gasteiger partial charge in [0, 0.05) is 22.1 Å². The lowest BCUT2D eigenvalue weighted by atomic mass is 9.98. The molecular formula is C15H21Cl2N. The summed E-state index contributed by atoms with van der Waals surface area (Å²) in [7, 11) is 0. The highest BCUT2D eigenvalue weighted by atomic mass is 35.5. The molecule has 0 spiro atoms. The standard InChI is InChI=1S/C15H21Cl2N/c1-3-11-5-4-6-15(11)18-10(2)13-8-7-12(16)9-14(13)17/h7-11,15,18H,3-6H2,1-2H3. The highest BCUT2D eigenvalue weighted by molar-refractivity contribution is 6.35. The molecule has 3 heteroatoms. The summed E-state index contributed by atoms with van der Waals surface area (Å²) in [5, 5.41) is 5.18. The van der Waals surface area contributed by atoms with E-state index >= 15 is 0 Å². The maximum absolute atomic E-state index is 6.26. The second-order valence-electron chi connectivity index (χ2n) is 5.26. The van der Waals surface area contributed by atoms with Crippen molar-refractivity contribution in [3.05, 3.63) is 33.8 Å². The van der Waals surface area contributed by atoms with E-state index in [1.165, 1.54) is 25.7 Å². The average molecular weight is 286 g/mol. The summed E-state index contributed by atoms with van der Waals surface area (Å²) in [5.41, 5.74) is 1.14. The fourth-order valence-electron chi connectivity index (χ4n) is 3.01. The third kappa shape index (κ3) is 3.20. The summed E-state index contributed by atoms with van der Waals surface area (Å²) < 4.78 is 0. The van der Waals surface area contributed by atoms with Crippen molar-refractivity contribution < 1.29 is 0 Å². The number of hydrogen-bond acceptors (Lipinski definition) is 1. The van der Waals surface area contributed by atoms with E-state index in [4.69, 9.17) is 23.2 Å². The monoisotopic (exact) mass is 285 g/mol. The van der Waals surface area contributed by atoms with Crippen LogP contribution in [0, 0.1) is 5.92 Å². The van der Waals surface area contributed by atoms with Gasteiger partial charge in [-0.2, -0.15) is 0 Å². The van der Waals surface area contributed by atoms with E-state index in [1.54, 1.807) is 0 Å². The molecule has 1 aromatic carbocycles. The first-order chi connectivity index (χ1) is 8.61. The molecule has 0 heterocycles. The fourth-order valence-corrected chi connectivity index (χ4v) is 3.58. The molecule has 0 saturated heterocycles. The predicted octanol–water partition coefficient (Wildman–Crippen LogP) is 5.22. The van der Waals surface area contributed by atoms with Crippen molar-refractivity contribution in [3.8, 4) is 0 Å². The molecule has 0 aromatic heterocycles. The zero-order chi connectivity index (χ0) is 13.1. The van der Waals surface area contributed by atoms with E-state index < -0.39 is 0 Å². The lowest BCUT2D eigenvalue weighted by Crippen LogP contribution is -2.34. The number of halogens is 2. The molecule has 1 aliphatic rings.